The first kappa shape index (κ1) is 13.7. The van der Waals surface area contributed by atoms with Gasteiger partial charge >= 0.3 is 0 Å². The van der Waals surface area contributed by atoms with E-state index in [0.29, 0.717) is 5.65 Å². The van der Waals surface area contributed by atoms with Gasteiger partial charge in [0.1, 0.15) is 33.5 Å². The number of hydrogen-bond acceptors (Lipinski definition) is 7. The van der Waals surface area contributed by atoms with Crippen LogP contribution in [0.5, 0.6) is 0 Å². The second-order valence-electron chi connectivity index (χ2n) is 4.40. The van der Waals surface area contributed by atoms with Crippen LogP contribution in [0.15, 0.2) is 22.7 Å². The van der Waals surface area contributed by atoms with Crippen LogP contribution in [0, 0.1) is 6.92 Å². The third kappa shape index (κ3) is 2.54. The average molecular weight is 301 g/mol. The van der Waals surface area contributed by atoms with E-state index < -0.39 is 0 Å². The lowest BCUT2D eigenvalue weighted by Gasteiger charge is -2.10. The van der Waals surface area contributed by atoms with Crippen molar-refractivity contribution < 1.29 is 0 Å². The smallest absolute Gasteiger partial charge is 0.181 e. The van der Waals surface area contributed by atoms with Gasteiger partial charge in [-0.05, 0) is 18.7 Å². The second kappa shape index (κ2) is 5.65. The minimum absolute atomic E-state index is 0.656. The molecule has 3 rings (SSSR count). The molecule has 108 valence electrons. The molecule has 0 radical (unpaired) electrons. The molecule has 3 heterocycles. The fourth-order valence-corrected chi connectivity index (χ4v) is 2.89. The minimum Gasteiger partial charge on any atom is -0.373 e. The highest BCUT2D eigenvalue weighted by Gasteiger charge is 2.14. The van der Waals surface area contributed by atoms with Gasteiger partial charge in [-0.3, -0.25) is 0 Å². The third-order valence-corrected chi connectivity index (χ3v) is 4.18. The van der Waals surface area contributed by atoms with E-state index in [1.807, 2.05) is 20.9 Å². The summed E-state index contributed by atoms with van der Waals surface area (Å²) in [7, 11) is 1.86. The highest BCUT2D eigenvalue weighted by molar-refractivity contribution is 7.99. The number of nitrogens with one attached hydrogen (secondary N) is 2. The van der Waals surface area contributed by atoms with Gasteiger partial charge in [-0.2, -0.15) is 0 Å². The fraction of sp³-hybridized carbons (Fsp3) is 0.308. The number of H-pyrrole nitrogens is 1. The monoisotopic (exact) mass is 301 g/mol. The topological polar surface area (TPSA) is 92.3 Å². The summed E-state index contributed by atoms with van der Waals surface area (Å²) >= 11 is 1.49. The van der Waals surface area contributed by atoms with E-state index in [0.717, 1.165) is 39.2 Å². The summed E-state index contributed by atoms with van der Waals surface area (Å²) in [6.07, 6.45) is 3.92. The van der Waals surface area contributed by atoms with Gasteiger partial charge in [0, 0.05) is 19.0 Å². The molecule has 0 atom stereocenters. The molecular weight excluding hydrogens is 286 g/mol. The van der Waals surface area contributed by atoms with Crippen molar-refractivity contribution in [3.8, 4) is 0 Å². The first-order valence-electron chi connectivity index (χ1n) is 6.60. The molecule has 0 unspecified atom stereocenters. The van der Waals surface area contributed by atoms with E-state index in [9.17, 15) is 0 Å². The number of hydrogen-bond donors (Lipinski definition) is 2. The molecule has 0 aliphatic carbocycles. The molecule has 3 aromatic heterocycles. The predicted molar refractivity (Wildman–Crippen MR) is 81.5 cm³/mol. The predicted octanol–water partition coefficient (Wildman–Crippen LogP) is 2.21. The van der Waals surface area contributed by atoms with Crippen molar-refractivity contribution in [2.75, 3.05) is 12.4 Å². The maximum Gasteiger partial charge on any atom is 0.181 e. The molecule has 0 bridgehead atoms. The van der Waals surface area contributed by atoms with E-state index in [-0.39, 0.29) is 0 Å². The summed E-state index contributed by atoms with van der Waals surface area (Å²) in [6, 6.07) is 0. The van der Waals surface area contributed by atoms with Crippen molar-refractivity contribution in [2.24, 2.45) is 0 Å². The van der Waals surface area contributed by atoms with Gasteiger partial charge < -0.3 is 10.3 Å². The number of aryl methyl sites for hydroxylation is 1. The van der Waals surface area contributed by atoms with E-state index in [1.165, 1.54) is 18.1 Å². The molecule has 3 aromatic rings. The number of nitrogens with zero attached hydrogens (tertiary/aromatic N) is 5. The molecule has 21 heavy (non-hydrogen) atoms. The van der Waals surface area contributed by atoms with Crippen molar-refractivity contribution in [3.05, 3.63) is 24.0 Å². The van der Waals surface area contributed by atoms with Gasteiger partial charge in [0.2, 0.25) is 0 Å². The largest absolute Gasteiger partial charge is 0.373 e. The summed E-state index contributed by atoms with van der Waals surface area (Å²) in [5.74, 6) is 1.65. The summed E-state index contributed by atoms with van der Waals surface area (Å²) in [4.78, 5) is 24.7. The van der Waals surface area contributed by atoms with Crippen molar-refractivity contribution in [1.29, 1.82) is 0 Å². The van der Waals surface area contributed by atoms with E-state index >= 15 is 0 Å². The Morgan fingerprint density at radius 2 is 2.05 bits per heavy atom. The van der Waals surface area contributed by atoms with Crippen LogP contribution in [0.1, 0.15) is 18.3 Å². The lowest BCUT2D eigenvalue weighted by molar-refractivity contribution is 0.873. The summed E-state index contributed by atoms with van der Waals surface area (Å²) < 4.78 is 0. The number of aromatic nitrogens is 6. The van der Waals surface area contributed by atoms with E-state index in [1.54, 1.807) is 6.33 Å². The lowest BCUT2D eigenvalue weighted by Crippen LogP contribution is -2.04. The van der Waals surface area contributed by atoms with Gasteiger partial charge in [-0.25, -0.2) is 24.9 Å². The molecule has 8 heteroatoms. The van der Waals surface area contributed by atoms with Crippen LogP contribution < -0.4 is 5.32 Å². The normalized spacial score (nSPS) is 11.0. The number of imidazole rings is 1. The van der Waals surface area contributed by atoms with Crippen molar-refractivity contribution in [3.63, 3.8) is 0 Å². The van der Waals surface area contributed by atoms with Gasteiger partial charge in [0.05, 0.1) is 6.33 Å². The molecule has 0 aliphatic rings. The Morgan fingerprint density at radius 3 is 2.81 bits per heavy atom. The van der Waals surface area contributed by atoms with Crippen LogP contribution in [0.4, 0.5) is 5.82 Å². The highest BCUT2D eigenvalue weighted by atomic mass is 32.2. The Hall–Kier alpha value is -2.22. The minimum atomic E-state index is 0.656. The van der Waals surface area contributed by atoms with Crippen LogP contribution in [0.3, 0.4) is 0 Å². The van der Waals surface area contributed by atoms with Crippen molar-refractivity contribution in [1.82, 2.24) is 29.9 Å². The molecule has 0 aliphatic heterocycles. The number of rotatable bonds is 4. The van der Waals surface area contributed by atoms with Crippen LogP contribution in [-0.4, -0.2) is 37.0 Å². The van der Waals surface area contributed by atoms with Gasteiger partial charge in [0.25, 0.3) is 0 Å². The van der Waals surface area contributed by atoms with Gasteiger partial charge in [0.15, 0.2) is 5.65 Å². The third-order valence-electron chi connectivity index (χ3n) is 3.08. The van der Waals surface area contributed by atoms with Crippen molar-refractivity contribution in [2.45, 2.75) is 30.3 Å². The Kier molecular flexibility index (Phi) is 3.70. The summed E-state index contributed by atoms with van der Waals surface area (Å²) in [5, 5.41) is 4.81. The maximum absolute atomic E-state index is 4.60. The van der Waals surface area contributed by atoms with Gasteiger partial charge in [-0.1, -0.05) is 6.92 Å². The van der Waals surface area contributed by atoms with E-state index in [4.69, 9.17) is 0 Å². The molecule has 7 nitrogen and oxygen atoms in total. The Bertz CT molecular complexity index is 783. The Balaban J connectivity index is 2.07. The second-order valence-corrected chi connectivity index (χ2v) is 5.38. The first-order chi connectivity index (χ1) is 10.2. The summed E-state index contributed by atoms with van der Waals surface area (Å²) in [5.41, 5.74) is 2.49. The molecule has 2 N–H and O–H groups in total. The zero-order valence-corrected chi connectivity index (χ0v) is 12.8. The molecule has 0 aromatic carbocycles. The van der Waals surface area contributed by atoms with Crippen LogP contribution in [0.2, 0.25) is 0 Å². The molecule has 0 spiro atoms. The van der Waals surface area contributed by atoms with Gasteiger partial charge in [-0.15, -0.1) is 0 Å². The van der Waals surface area contributed by atoms with Crippen LogP contribution in [-0.2, 0) is 6.42 Å². The SMILES string of the molecule is CCc1nc(NC)c(C)c(Sc2ncnc3nc[nH]c23)n1. The Labute approximate surface area is 126 Å². The molecule has 0 fully saturated rings. The quantitative estimate of drug-likeness (QED) is 0.714. The average Bonchev–Trinajstić information content (AvgIpc) is 2.99. The lowest BCUT2D eigenvalue weighted by atomic mass is 10.3. The maximum atomic E-state index is 4.60. The molecule has 0 saturated carbocycles. The standard InChI is InChI=1S/C13H15N7S/c1-4-8-19-10(14-3)7(2)12(20-8)21-13-9-11(16-5-15-9)17-6-18-13/h5-6H,4H2,1-3H3,(H,14,19,20)(H,15,16,17,18). The number of fused-ring (bicyclic) bond motifs is 1. The van der Waals surface area contributed by atoms with E-state index in [2.05, 4.69) is 35.2 Å². The van der Waals surface area contributed by atoms with Crippen LogP contribution in [0.25, 0.3) is 11.2 Å². The van der Waals surface area contributed by atoms with Crippen molar-refractivity contribution >= 4 is 28.7 Å². The number of aromatic amines is 1. The summed E-state index contributed by atoms with van der Waals surface area (Å²) in [6.45, 7) is 4.04. The zero-order valence-electron chi connectivity index (χ0n) is 12.0. The first-order valence-corrected chi connectivity index (χ1v) is 7.41. The molecular formula is C13H15N7S. The fourth-order valence-electron chi connectivity index (χ4n) is 1.95. The zero-order chi connectivity index (χ0) is 14.8. The Morgan fingerprint density at radius 1 is 1.19 bits per heavy atom. The molecule has 0 amide bonds. The molecule has 0 saturated heterocycles. The van der Waals surface area contributed by atoms with Crippen LogP contribution >= 0.6 is 11.8 Å². The number of anilines is 1. The highest BCUT2D eigenvalue weighted by Crippen LogP contribution is 2.32.